The molecule has 0 fully saturated rings. The maximum absolute atomic E-state index is 14.0. The van der Waals surface area contributed by atoms with Crippen LogP contribution in [-0.4, -0.2) is 56.9 Å². The molecule has 3 amide bonds. The number of rotatable bonds is 13. The van der Waals surface area contributed by atoms with E-state index in [1.807, 2.05) is 37.3 Å². The van der Waals surface area contributed by atoms with Gasteiger partial charge >= 0.3 is 6.09 Å². The van der Waals surface area contributed by atoms with Crippen LogP contribution in [-0.2, 0) is 20.7 Å². The van der Waals surface area contributed by atoms with Gasteiger partial charge in [0, 0.05) is 28.2 Å². The highest BCUT2D eigenvalue weighted by Crippen LogP contribution is 2.34. The Labute approximate surface area is 272 Å². The van der Waals surface area contributed by atoms with Crippen LogP contribution in [0.2, 0.25) is 0 Å². The molecule has 0 saturated carbocycles. The molecule has 3 aromatic rings. The highest BCUT2D eigenvalue weighted by atomic mass is 127. The zero-order chi connectivity index (χ0) is 32.3. The lowest BCUT2D eigenvalue weighted by atomic mass is 9.96. The van der Waals surface area contributed by atoms with Crippen LogP contribution in [0.25, 0.3) is 0 Å². The molecule has 11 heteroatoms. The summed E-state index contributed by atoms with van der Waals surface area (Å²) in [5, 5.41) is 8.56. The van der Waals surface area contributed by atoms with Crippen molar-refractivity contribution in [2.45, 2.75) is 51.8 Å². The van der Waals surface area contributed by atoms with Crippen molar-refractivity contribution in [1.82, 2.24) is 16.0 Å². The highest BCUT2D eigenvalue weighted by molar-refractivity contribution is 14.1. The second-order valence-corrected chi connectivity index (χ2v) is 12.1. The fraction of sp³-hybridized carbons (Fsp3) is 0.364. The number of methoxy groups -OCH3 is 2. The molecule has 44 heavy (non-hydrogen) atoms. The molecular weight excluding hydrogens is 677 g/mol. The van der Waals surface area contributed by atoms with E-state index in [2.05, 4.69) is 38.5 Å². The molecular formula is C33H40IN3O7. The number of halogens is 1. The Morgan fingerprint density at radius 1 is 0.864 bits per heavy atom. The van der Waals surface area contributed by atoms with Gasteiger partial charge in [-0.05, 0) is 97.8 Å². The van der Waals surface area contributed by atoms with Gasteiger partial charge in [-0.1, -0.05) is 24.3 Å². The Hall–Kier alpha value is -4.00. The topological polar surface area (TPSA) is 124 Å². The average Bonchev–Trinajstić information content (AvgIpc) is 2.98. The maximum atomic E-state index is 14.0. The van der Waals surface area contributed by atoms with E-state index in [0.29, 0.717) is 29.4 Å². The standard InChI is InChI=1S/C33H40IN3O7/c1-7-35-29(38)20-43-24-14-10-22(11-15-24)30(26-17-16-25(41-5)19-28(26)42-6)37-31(39)27(36-32(40)44-33(2,3)4)18-21-8-12-23(34)13-9-21/h8-17,19,27,30H,7,18,20H2,1-6H3,(H,35,38)(H,36,40)(H,37,39)/t27-,30?/m0/s1. The van der Waals surface area contributed by atoms with Crippen LogP contribution in [0.5, 0.6) is 17.2 Å². The van der Waals surface area contributed by atoms with Gasteiger partial charge in [0.25, 0.3) is 5.91 Å². The number of carbonyl (C=O) groups excluding carboxylic acids is 3. The molecule has 236 valence electrons. The molecule has 10 nitrogen and oxygen atoms in total. The first-order chi connectivity index (χ1) is 20.9. The van der Waals surface area contributed by atoms with E-state index in [4.69, 9.17) is 18.9 Å². The van der Waals surface area contributed by atoms with Gasteiger partial charge in [0.15, 0.2) is 6.61 Å². The number of hydrogen-bond donors (Lipinski definition) is 3. The van der Waals surface area contributed by atoms with Crippen molar-refractivity contribution < 1.29 is 33.3 Å². The Bertz CT molecular complexity index is 1410. The number of hydrogen-bond acceptors (Lipinski definition) is 7. The van der Waals surface area contributed by atoms with E-state index < -0.39 is 29.7 Å². The first kappa shape index (κ1) is 34.5. The fourth-order valence-electron chi connectivity index (χ4n) is 4.31. The van der Waals surface area contributed by atoms with Gasteiger partial charge in [-0.15, -0.1) is 0 Å². The Morgan fingerprint density at radius 2 is 1.52 bits per heavy atom. The number of amides is 3. The molecule has 3 N–H and O–H groups in total. The van der Waals surface area contributed by atoms with E-state index in [0.717, 1.165) is 14.7 Å². The van der Waals surface area contributed by atoms with Crippen molar-refractivity contribution in [2.75, 3.05) is 27.4 Å². The number of ether oxygens (including phenoxy) is 4. The molecule has 0 aliphatic carbocycles. The maximum Gasteiger partial charge on any atom is 0.408 e. The van der Waals surface area contributed by atoms with E-state index in [9.17, 15) is 14.4 Å². The quantitative estimate of drug-likeness (QED) is 0.209. The van der Waals surface area contributed by atoms with E-state index >= 15 is 0 Å². The highest BCUT2D eigenvalue weighted by Gasteiger charge is 2.29. The van der Waals surface area contributed by atoms with Crippen molar-refractivity contribution in [3.05, 3.63) is 87.0 Å². The lowest BCUT2D eigenvalue weighted by Gasteiger charge is -2.27. The average molecular weight is 718 g/mol. The third kappa shape index (κ3) is 10.6. The van der Waals surface area contributed by atoms with Crippen molar-refractivity contribution in [3.8, 4) is 17.2 Å². The smallest absolute Gasteiger partial charge is 0.408 e. The van der Waals surface area contributed by atoms with Crippen LogP contribution in [0, 0.1) is 3.57 Å². The van der Waals surface area contributed by atoms with Crippen LogP contribution in [0.4, 0.5) is 4.79 Å². The van der Waals surface area contributed by atoms with Gasteiger partial charge in [0.1, 0.15) is 28.9 Å². The molecule has 0 aromatic heterocycles. The molecule has 1 unspecified atom stereocenters. The van der Waals surface area contributed by atoms with Gasteiger partial charge < -0.3 is 34.9 Å². The van der Waals surface area contributed by atoms with Crippen LogP contribution in [0.15, 0.2) is 66.7 Å². The third-order valence-corrected chi connectivity index (χ3v) is 7.08. The number of alkyl carbamates (subject to hydrolysis) is 1. The summed E-state index contributed by atoms with van der Waals surface area (Å²) >= 11 is 2.21. The minimum Gasteiger partial charge on any atom is -0.497 e. The van der Waals surface area contributed by atoms with E-state index in [-0.39, 0.29) is 18.9 Å². The number of likely N-dealkylation sites (N-methyl/N-ethyl adjacent to an activating group) is 1. The summed E-state index contributed by atoms with van der Waals surface area (Å²) in [7, 11) is 3.10. The molecule has 0 heterocycles. The largest absolute Gasteiger partial charge is 0.497 e. The second kappa shape index (κ2) is 16.2. The summed E-state index contributed by atoms with van der Waals surface area (Å²) in [6.07, 6.45) is -0.462. The van der Waals surface area contributed by atoms with Crippen LogP contribution in [0.1, 0.15) is 50.4 Å². The minimum absolute atomic E-state index is 0.115. The summed E-state index contributed by atoms with van der Waals surface area (Å²) in [5.74, 6) is 0.943. The number of benzene rings is 3. The van der Waals surface area contributed by atoms with Crippen molar-refractivity contribution in [2.24, 2.45) is 0 Å². The number of carbonyl (C=O) groups is 3. The molecule has 0 aliphatic rings. The Kier molecular flexibility index (Phi) is 12.7. The molecule has 0 bridgehead atoms. The van der Waals surface area contributed by atoms with Gasteiger partial charge in [0.2, 0.25) is 5.91 Å². The minimum atomic E-state index is -0.948. The lowest BCUT2D eigenvalue weighted by molar-refractivity contribution is -0.124. The summed E-state index contributed by atoms with van der Waals surface area (Å²) < 4.78 is 23.2. The third-order valence-electron chi connectivity index (χ3n) is 6.36. The zero-order valence-corrected chi connectivity index (χ0v) is 28.0. The molecule has 3 aromatic carbocycles. The van der Waals surface area contributed by atoms with Crippen LogP contribution < -0.4 is 30.2 Å². The zero-order valence-electron chi connectivity index (χ0n) is 25.9. The second-order valence-electron chi connectivity index (χ2n) is 10.9. The first-order valence-electron chi connectivity index (χ1n) is 14.2. The van der Waals surface area contributed by atoms with E-state index in [1.54, 1.807) is 71.4 Å². The first-order valence-corrected chi connectivity index (χ1v) is 15.3. The summed E-state index contributed by atoms with van der Waals surface area (Å²) in [4.78, 5) is 38.6. The predicted octanol–water partition coefficient (Wildman–Crippen LogP) is 5.16. The summed E-state index contributed by atoms with van der Waals surface area (Å²) in [6.45, 7) is 7.52. The van der Waals surface area contributed by atoms with Gasteiger partial charge in [0.05, 0.1) is 20.3 Å². The normalized spacial score (nSPS) is 12.3. The van der Waals surface area contributed by atoms with E-state index in [1.165, 1.54) is 0 Å². The van der Waals surface area contributed by atoms with Crippen molar-refractivity contribution >= 4 is 40.5 Å². The molecule has 0 spiro atoms. The van der Waals surface area contributed by atoms with Crippen molar-refractivity contribution in [3.63, 3.8) is 0 Å². The Morgan fingerprint density at radius 3 is 2.11 bits per heavy atom. The SMILES string of the molecule is CCNC(=O)COc1ccc(C(NC(=O)[C@H](Cc2ccc(I)cc2)NC(=O)OC(C)(C)C)c2ccc(OC)cc2OC)cc1. The summed E-state index contributed by atoms with van der Waals surface area (Å²) in [6, 6.07) is 18.5. The van der Waals surface area contributed by atoms with Crippen LogP contribution >= 0.6 is 22.6 Å². The van der Waals surface area contributed by atoms with Crippen LogP contribution in [0.3, 0.4) is 0 Å². The number of nitrogens with one attached hydrogen (secondary N) is 3. The predicted molar refractivity (Wildman–Crippen MR) is 176 cm³/mol. The fourth-order valence-corrected chi connectivity index (χ4v) is 4.67. The molecule has 0 radical (unpaired) electrons. The lowest BCUT2D eigenvalue weighted by Crippen LogP contribution is -2.50. The Balaban J connectivity index is 1.96. The van der Waals surface area contributed by atoms with Gasteiger partial charge in [-0.2, -0.15) is 0 Å². The van der Waals surface area contributed by atoms with Gasteiger partial charge in [-0.25, -0.2) is 4.79 Å². The van der Waals surface area contributed by atoms with Gasteiger partial charge in [-0.3, -0.25) is 9.59 Å². The summed E-state index contributed by atoms with van der Waals surface area (Å²) in [5.41, 5.74) is 1.52. The van der Waals surface area contributed by atoms with Crippen molar-refractivity contribution in [1.29, 1.82) is 0 Å². The monoisotopic (exact) mass is 717 g/mol. The molecule has 2 atom stereocenters. The molecule has 0 saturated heterocycles. The molecule has 3 rings (SSSR count). The molecule has 0 aliphatic heterocycles.